The highest BCUT2D eigenvalue weighted by Gasteiger charge is 2.43. The Labute approximate surface area is 224 Å². The molecule has 0 unspecified atom stereocenters. The maximum Gasteiger partial charge on any atom is 0.335 e. The average Bonchev–Trinajstić information content (AvgIpc) is 3.44. The summed E-state index contributed by atoms with van der Waals surface area (Å²) >= 11 is 0. The number of likely N-dealkylation sites (tertiary alicyclic amines) is 1. The molecule has 0 bridgehead atoms. The van der Waals surface area contributed by atoms with Crippen LogP contribution in [0.3, 0.4) is 0 Å². The summed E-state index contributed by atoms with van der Waals surface area (Å²) in [6.45, 7) is 1.87. The molecule has 1 saturated carbocycles. The van der Waals surface area contributed by atoms with Crippen molar-refractivity contribution in [2.75, 3.05) is 34.3 Å². The van der Waals surface area contributed by atoms with Crippen LogP contribution in [0.1, 0.15) is 72.0 Å². The van der Waals surface area contributed by atoms with E-state index in [0.717, 1.165) is 54.7 Å². The zero-order chi connectivity index (χ0) is 26.6. The van der Waals surface area contributed by atoms with Crippen molar-refractivity contribution in [3.05, 3.63) is 53.1 Å². The van der Waals surface area contributed by atoms with E-state index in [1.807, 2.05) is 37.2 Å². The summed E-state index contributed by atoms with van der Waals surface area (Å²) in [5.41, 5.74) is 6.18. The van der Waals surface area contributed by atoms with Gasteiger partial charge in [-0.15, -0.1) is 0 Å². The summed E-state index contributed by atoms with van der Waals surface area (Å²) in [4.78, 5) is 29.4. The van der Waals surface area contributed by atoms with Gasteiger partial charge in [0.25, 0.3) is 0 Å². The number of likely N-dealkylation sites (N-methyl/N-ethyl adjacent to an activating group) is 1. The summed E-state index contributed by atoms with van der Waals surface area (Å²) in [7, 11) is 5.56. The largest absolute Gasteiger partial charge is 0.497 e. The third-order valence-corrected chi connectivity index (χ3v) is 8.91. The lowest BCUT2D eigenvalue weighted by Crippen LogP contribution is -2.38. The molecule has 3 aromatic rings. The summed E-state index contributed by atoms with van der Waals surface area (Å²) in [5.74, 6) is 0.716. The smallest absolute Gasteiger partial charge is 0.335 e. The number of rotatable bonds is 5. The van der Waals surface area contributed by atoms with Gasteiger partial charge in [0.05, 0.1) is 31.0 Å². The molecule has 6 rings (SSSR count). The first-order valence-corrected chi connectivity index (χ1v) is 13.9. The van der Waals surface area contributed by atoms with Crippen molar-refractivity contribution >= 4 is 22.8 Å². The number of carbonyl (C=O) groups is 2. The van der Waals surface area contributed by atoms with Crippen LogP contribution >= 0.6 is 0 Å². The predicted octanol–water partition coefficient (Wildman–Crippen LogP) is 5.53. The van der Waals surface area contributed by atoms with E-state index in [9.17, 15) is 14.7 Å². The minimum absolute atomic E-state index is 0.0376. The molecular weight excluding hydrogens is 478 g/mol. The van der Waals surface area contributed by atoms with Crippen LogP contribution in [0.4, 0.5) is 0 Å². The van der Waals surface area contributed by atoms with Gasteiger partial charge in [-0.3, -0.25) is 4.79 Å². The lowest BCUT2D eigenvalue weighted by molar-refractivity contribution is -0.133. The van der Waals surface area contributed by atoms with Gasteiger partial charge in [-0.2, -0.15) is 0 Å². The third-order valence-electron chi connectivity index (χ3n) is 8.91. The number of benzene rings is 2. The number of ether oxygens (including phenoxy) is 1. The van der Waals surface area contributed by atoms with Crippen LogP contribution in [0, 0.1) is 5.92 Å². The minimum atomic E-state index is -0.903. The van der Waals surface area contributed by atoms with E-state index >= 15 is 0 Å². The Morgan fingerprint density at radius 1 is 1.05 bits per heavy atom. The van der Waals surface area contributed by atoms with Crippen LogP contribution < -0.4 is 4.74 Å². The molecule has 0 radical (unpaired) electrons. The first-order chi connectivity index (χ1) is 18.4. The number of aromatic carboxylic acids is 1. The number of nitrogens with zero attached hydrogens (tertiary/aromatic N) is 3. The van der Waals surface area contributed by atoms with Crippen LogP contribution in [0.25, 0.3) is 22.2 Å². The first-order valence-electron chi connectivity index (χ1n) is 13.9. The quantitative estimate of drug-likeness (QED) is 0.484. The molecule has 0 spiro atoms. The Hall–Kier alpha value is -3.32. The molecule has 1 amide bonds. The molecule has 1 N–H and O–H groups in total. The second-order valence-corrected chi connectivity index (χ2v) is 11.5. The van der Waals surface area contributed by atoms with Crippen molar-refractivity contribution in [3.8, 4) is 17.0 Å². The van der Waals surface area contributed by atoms with Crippen LogP contribution in [0.15, 0.2) is 36.4 Å². The molecule has 200 valence electrons. The molecule has 7 nitrogen and oxygen atoms in total. The summed E-state index contributed by atoms with van der Waals surface area (Å²) < 4.78 is 8.07. The molecular formula is C31H37N3O4. The SMILES string of the molecule is COc1ccc2c(c1)[C@@H]1[C@H](CCN1C(=O)CN(C)C)Cn1c-2c(C2CCCCC2)c2ccc(C(=O)O)cc21. The Balaban J connectivity index is 1.61. The Bertz CT molecular complexity index is 1400. The molecule has 7 heteroatoms. The van der Waals surface area contributed by atoms with Gasteiger partial charge >= 0.3 is 5.97 Å². The third kappa shape index (κ3) is 4.08. The van der Waals surface area contributed by atoms with Crippen molar-refractivity contribution in [2.24, 2.45) is 5.92 Å². The van der Waals surface area contributed by atoms with Gasteiger partial charge in [0.2, 0.25) is 5.91 Å². The number of methoxy groups -OCH3 is 1. The number of carboxylic acid groups (broad SMARTS) is 1. The molecule has 3 aliphatic rings. The van der Waals surface area contributed by atoms with Crippen LogP contribution in [0.2, 0.25) is 0 Å². The van der Waals surface area contributed by atoms with Gasteiger partial charge < -0.3 is 24.2 Å². The number of carbonyl (C=O) groups excluding carboxylic acids is 1. The number of hydrogen-bond donors (Lipinski definition) is 1. The van der Waals surface area contributed by atoms with Crippen LogP contribution in [-0.2, 0) is 11.3 Å². The molecule has 38 heavy (non-hydrogen) atoms. The number of carboxylic acids is 1. The second-order valence-electron chi connectivity index (χ2n) is 11.5. The van der Waals surface area contributed by atoms with E-state index in [2.05, 4.69) is 21.6 Å². The molecule has 1 saturated heterocycles. The maximum atomic E-state index is 13.4. The van der Waals surface area contributed by atoms with E-state index in [1.54, 1.807) is 13.2 Å². The normalized spacial score (nSPS) is 21.2. The number of hydrogen-bond acceptors (Lipinski definition) is 4. The van der Waals surface area contributed by atoms with Gasteiger partial charge in [0, 0.05) is 35.5 Å². The van der Waals surface area contributed by atoms with E-state index in [0.29, 0.717) is 18.0 Å². The van der Waals surface area contributed by atoms with E-state index in [4.69, 9.17) is 4.74 Å². The summed E-state index contributed by atoms with van der Waals surface area (Å²) in [6.07, 6.45) is 6.93. The van der Waals surface area contributed by atoms with Gasteiger partial charge in [0.1, 0.15) is 5.75 Å². The van der Waals surface area contributed by atoms with Gasteiger partial charge in [-0.25, -0.2) is 4.79 Å². The lowest BCUT2D eigenvalue weighted by Gasteiger charge is -2.30. The molecule has 3 heterocycles. The Morgan fingerprint density at radius 3 is 2.55 bits per heavy atom. The monoisotopic (exact) mass is 515 g/mol. The fraction of sp³-hybridized carbons (Fsp3) is 0.484. The predicted molar refractivity (Wildman–Crippen MR) is 148 cm³/mol. The molecule has 2 aromatic carbocycles. The Morgan fingerprint density at radius 2 is 1.84 bits per heavy atom. The van der Waals surface area contributed by atoms with Crippen molar-refractivity contribution < 1.29 is 19.4 Å². The first kappa shape index (κ1) is 25.0. The van der Waals surface area contributed by atoms with Crippen molar-refractivity contribution in [1.82, 2.24) is 14.4 Å². The lowest BCUT2D eigenvalue weighted by atomic mass is 9.81. The zero-order valence-electron chi connectivity index (χ0n) is 22.6. The van der Waals surface area contributed by atoms with Crippen molar-refractivity contribution in [3.63, 3.8) is 0 Å². The molecule has 1 aromatic heterocycles. The fourth-order valence-electron chi connectivity index (χ4n) is 7.27. The van der Waals surface area contributed by atoms with Gasteiger partial charge in [-0.1, -0.05) is 25.3 Å². The van der Waals surface area contributed by atoms with E-state index in [-0.39, 0.29) is 17.9 Å². The number of amides is 1. The topological polar surface area (TPSA) is 75.0 Å². The van der Waals surface area contributed by atoms with Crippen LogP contribution in [-0.4, -0.2) is 65.6 Å². The highest BCUT2D eigenvalue weighted by Crippen LogP contribution is 2.52. The highest BCUT2D eigenvalue weighted by atomic mass is 16.5. The second kappa shape index (κ2) is 9.77. The van der Waals surface area contributed by atoms with Crippen molar-refractivity contribution in [1.29, 1.82) is 0 Å². The van der Waals surface area contributed by atoms with Crippen molar-refractivity contribution in [2.45, 2.75) is 57.0 Å². The fourth-order valence-corrected chi connectivity index (χ4v) is 7.27. The molecule has 2 atom stereocenters. The van der Waals surface area contributed by atoms with E-state index < -0.39 is 5.97 Å². The van der Waals surface area contributed by atoms with Gasteiger partial charge in [-0.05, 0) is 80.7 Å². The number of fused-ring (bicyclic) bond motifs is 7. The zero-order valence-corrected chi connectivity index (χ0v) is 22.6. The summed E-state index contributed by atoms with van der Waals surface area (Å²) in [5, 5.41) is 11.0. The molecule has 2 aliphatic heterocycles. The average molecular weight is 516 g/mol. The van der Waals surface area contributed by atoms with E-state index in [1.165, 1.54) is 35.9 Å². The Kier molecular flexibility index (Phi) is 6.42. The standard InChI is InChI=1S/C31H37N3O4/c1-32(2)18-27(35)33-14-13-21-17-34-26-15-20(31(36)37)9-11-24(26)28(19-7-5-4-6-8-19)30(34)23-12-10-22(38-3)16-25(23)29(21)33/h9-12,15-16,19,21,29H,4-8,13-14,17-18H2,1-3H3,(H,36,37)/t21-,29+/m1/s1. The highest BCUT2D eigenvalue weighted by molar-refractivity contribution is 5.98. The summed E-state index contributed by atoms with van der Waals surface area (Å²) in [6, 6.07) is 11.9. The molecule has 1 aliphatic carbocycles. The van der Waals surface area contributed by atoms with Gasteiger partial charge in [0.15, 0.2) is 0 Å². The maximum absolute atomic E-state index is 13.4. The number of aromatic nitrogens is 1. The molecule has 2 fully saturated rings. The van der Waals surface area contributed by atoms with Crippen LogP contribution in [0.5, 0.6) is 5.75 Å². The minimum Gasteiger partial charge on any atom is -0.497 e.